The van der Waals surface area contributed by atoms with Crippen LogP contribution in [0.2, 0.25) is 0 Å². The van der Waals surface area contributed by atoms with Crippen LogP contribution >= 0.6 is 0 Å². The Morgan fingerprint density at radius 2 is 2.03 bits per heavy atom. The average molecular weight is 406 g/mol. The van der Waals surface area contributed by atoms with Crippen molar-refractivity contribution in [3.63, 3.8) is 0 Å². The summed E-state index contributed by atoms with van der Waals surface area (Å²) in [6, 6.07) is 18.4. The lowest BCUT2D eigenvalue weighted by atomic mass is 9.60. The van der Waals surface area contributed by atoms with Crippen LogP contribution in [0.15, 0.2) is 66.2 Å². The fourth-order valence-corrected chi connectivity index (χ4v) is 5.34. The normalized spacial score (nSPS) is 25.2. The van der Waals surface area contributed by atoms with Gasteiger partial charge in [0.2, 0.25) is 0 Å². The molecule has 1 aliphatic heterocycles. The van der Waals surface area contributed by atoms with Gasteiger partial charge in [0.15, 0.2) is 0 Å². The van der Waals surface area contributed by atoms with Crippen molar-refractivity contribution in [2.45, 2.75) is 50.5 Å². The van der Waals surface area contributed by atoms with Crippen molar-refractivity contribution < 1.29 is 14.6 Å². The number of rotatable bonds is 6. The van der Waals surface area contributed by atoms with Crippen molar-refractivity contribution in [2.75, 3.05) is 19.7 Å². The number of aromatic hydroxyl groups is 1. The largest absolute Gasteiger partial charge is 0.508 e. The number of phenolic OH excluding ortho intramolecular Hbond substituents is 1. The highest BCUT2D eigenvalue weighted by Crippen LogP contribution is 2.51. The maximum Gasteiger partial charge on any atom is 0.330 e. The summed E-state index contributed by atoms with van der Waals surface area (Å²) in [7, 11) is 0. The van der Waals surface area contributed by atoms with Gasteiger partial charge in [0.05, 0.1) is 6.61 Å². The lowest BCUT2D eigenvalue weighted by Gasteiger charge is -2.53. The molecule has 2 aliphatic rings. The number of hydrogen-bond acceptors (Lipinski definition) is 4. The minimum atomic E-state index is -0.256. The molecule has 1 saturated carbocycles. The molecule has 2 aromatic carbocycles. The number of fused-ring (bicyclic) bond motifs is 2. The molecule has 4 nitrogen and oxygen atoms in total. The smallest absolute Gasteiger partial charge is 0.330 e. The van der Waals surface area contributed by atoms with Crippen LogP contribution in [0.3, 0.4) is 0 Å². The summed E-state index contributed by atoms with van der Waals surface area (Å²) in [5.41, 5.74) is 3.43. The predicted molar refractivity (Wildman–Crippen MR) is 118 cm³/mol. The van der Waals surface area contributed by atoms with Gasteiger partial charge in [0, 0.05) is 24.1 Å². The van der Waals surface area contributed by atoms with E-state index < -0.39 is 0 Å². The molecule has 1 saturated heterocycles. The molecule has 2 atom stereocenters. The Balaban J connectivity index is 1.66. The van der Waals surface area contributed by atoms with Crippen LogP contribution in [0, 0.1) is 0 Å². The minimum absolute atomic E-state index is 0.197. The summed E-state index contributed by atoms with van der Waals surface area (Å²) in [5.74, 6) is 0.0276. The van der Waals surface area contributed by atoms with Gasteiger partial charge in [-0.3, -0.25) is 4.90 Å². The number of piperidine rings is 1. The van der Waals surface area contributed by atoms with Crippen LogP contribution in [0.5, 0.6) is 5.75 Å². The van der Waals surface area contributed by atoms with Gasteiger partial charge in [-0.25, -0.2) is 4.79 Å². The molecule has 1 N–H and O–H groups in total. The van der Waals surface area contributed by atoms with Crippen molar-refractivity contribution in [1.29, 1.82) is 0 Å². The number of phenols is 1. The summed E-state index contributed by atoms with van der Waals surface area (Å²) >= 11 is 0. The Bertz CT molecular complexity index is 908. The molecule has 0 radical (unpaired) electrons. The van der Waals surface area contributed by atoms with E-state index in [1.807, 2.05) is 19.1 Å². The van der Waals surface area contributed by atoms with Gasteiger partial charge in [0.1, 0.15) is 5.75 Å². The zero-order chi connectivity index (χ0) is 21.0. The Labute approximate surface area is 179 Å². The van der Waals surface area contributed by atoms with Crippen LogP contribution in [-0.4, -0.2) is 41.7 Å². The fraction of sp³-hybridized carbons (Fsp3) is 0.423. The predicted octanol–water partition coefficient (Wildman–Crippen LogP) is 4.62. The average Bonchev–Trinajstić information content (AvgIpc) is 2.74. The molecule has 1 aliphatic carbocycles. The van der Waals surface area contributed by atoms with E-state index in [0.717, 1.165) is 56.3 Å². The third kappa shape index (κ3) is 4.15. The summed E-state index contributed by atoms with van der Waals surface area (Å²) in [6.07, 6.45) is 6.88. The van der Waals surface area contributed by atoms with Gasteiger partial charge in [-0.05, 0) is 68.0 Å². The Hall–Kier alpha value is -2.59. The van der Waals surface area contributed by atoms with E-state index in [9.17, 15) is 9.90 Å². The Morgan fingerprint density at radius 3 is 2.80 bits per heavy atom. The van der Waals surface area contributed by atoms with E-state index in [4.69, 9.17) is 4.74 Å². The summed E-state index contributed by atoms with van der Waals surface area (Å²) in [6.45, 7) is 4.19. The highest BCUT2D eigenvalue weighted by Gasteiger charge is 2.48. The molecule has 0 amide bonds. The van der Waals surface area contributed by atoms with E-state index in [1.165, 1.54) is 5.56 Å². The molecule has 2 fully saturated rings. The zero-order valence-electron chi connectivity index (χ0n) is 17.7. The van der Waals surface area contributed by atoms with Gasteiger partial charge in [-0.1, -0.05) is 48.9 Å². The number of carbonyl (C=O) groups is 1. The van der Waals surface area contributed by atoms with Crippen molar-refractivity contribution in [3.8, 4) is 5.75 Å². The van der Waals surface area contributed by atoms with Crippen LogP contribution in [0.25, 0.3) is 0 Å². The Kier molecular flexibility index (Phi) is 6.24. The highest BCUT2D eigenvalue weighted by atomic mass is 16.5. The molecule has 0 spiro atoms. The second-order valence-corrected chi connectivity index (χ2v) is 8.41. The van der Waals surface area contributed by atoms with Gasteiger partial charge < -0.3 is 9.84 Å². The van der Waals surface area contributed by atoms with E-state index >= 15 is 0 Å². The lowest BCUT2D eigenvalue weighted by molar-refractivity contribution is -0.137. The van der Waals surface area contributed by atoms with E-state index in [2.05, 4.69) is 41.3 Å². The first-order valence-electron chi connectivity index (χ1n) is 11.1. The van der Waals surface area contributed by atoms with Gasteiger partial charge in [-0.15, -0.1) is 0 Å². The van der Waals surface area contributed by atoms with Gasteiger partial charge >= 0.3 is 5.97 Å². The highest BCUT2D eigenvalue weighted by molar-refractivity contribution is 5.84. The van der Waals surface area contributed by atoms with Crippen molar-refractivity contribution in [2.24, 2.45) is 0 Å². The topological polar surface area (TPSA) is 49.8 Å². The number of likely N-dealkylation sites (tertiary alicyclic amines) is 1. The zero-order valence-corrected chi connectivity index (χ0v) is 17.7. The number of esters is 1. The summed E-state index contributed by atoms with van der Waals surface area (Å²) in [4.78, 5) is 15.0. The van der Waals surface area contributed by atoms with E-state index in [0.29, 0.717) is 6.61 Å². The molecule has 158 valence electrons. The molecule has 1 heterocycles. The second-order valence-electron chi connectivity index (χ2n) is 8.41. The quantitative estimate of drug-likeness (QED) is 0.563. The maximum atomic E-state index is 12.5. The third-order valence-electron chi connectivity index (χ3n) is 6.75. The molecule has 0 unspecified atom stereocenters. The van der Waals surface area contributed by atoms with Crippen LogP contribution in [-0.2, 0) is 21.4 Å². The first kappa shape index (κ1) is 20.7. The minimum Gasteiger partial charge on any atom is -0.508 e. The molecule has 2 aromatic rings. The molecule has 4 heteroatoms. The number of benzene rings is 2. The Morgan fingerprint density at radius 1 is 1.20 bits per heavy atom. The van der Waals surface area contributed by atoms with Crippen LogP contribution in [0.4, 0.5) is 0 Å². The van der Waals surface area contributed by atoms with E-state index in [-0.39, 0.29) is 23.2 Å². The molecular weight excluding hydrogens is 374 g/mol. The van der Waals surface area contributed by atoms with Crippen molar-refractivity contribution in [1.82, 2.24) is 4.90 Å². The molecule has 30 heavy (non-hydrogen) atoms. The first-order valence-corrected chi connectivity index (χ1v) is 11.1. The fourth-order valence-electron chi connectivity index (χ4n) is 5.34. The molecule has 4 rings (SSSR count). The molecular formula is C26H31NO3. The summed E-state index contributed by atoms with van der Waals surface area (Å²) in [5, 5.41) is 10.1. The number of nitrogens with zero attached hydrogens (tertiary/aromatic N) is 1. The summed E-state index contributed by atoms with van der Waals surface area (Å²) < 4.78 is 5.30. The maximum absolute atomic E-state index is 12.5. The standard InChI is InChI=1S/C26H31NO3/c1-2-30-25(29)19-23-24-12-7-14-26(23,21-10-6-11-22(28)18-21)15-17-27(24)16-13-20-8-4-3-5-9-20/h3-6,8-11,18-19,24,28H,2,7,12-17H2,1H3/b23-19+/t24-,26-/m1/s1. The molecule has 2 bridgehead atoms. The van der Waals surface area contributed by atoms with E-state index in [1.54, 1.807) is 12.1 Å². The number of ether oxygens (including phenoxy) is 1. The number of carbonyl (C=O) groups excluding carboxylic acids is 1. The monoisotopic (exact) mass is 405 g/mol. The van der Waals surface area contributed by atoms with Gasteiger partial charge in [-0.2, -0.15) is 0 Å². The second kappa shape index (κ2) is 9.05. The number of hydrogen-bond donors (Lipinski definition) is 1. The van der Waals surface area contributed by atoms with Gasteiger partial charge in [0.25, 0.3) is 0 Å². The lowest BCUT2D eigenvalue weighted by Crippen LogP contribution is -2.54. The SMILES string of the molecule is CCOC(=O)/C=C1\[C@H]2CCC[C@]1(c1cccc(O)c1)CCN2CCc1ccccc1. The molecule has 0 aromatic heterocycles. The third-order valence-corrected chi connectivity index (χ3v) is 6.75. The van der Waals surface area contributed by atoms with Crippen molar-refractivity contribution in [3.05, 3.63) is 77.4 Å². The van der Waals surface area contributed by atoms with Crippen molar-refractivity contribution >= 4 is 5.97 Å². The first-order chi connectivity index (χ1) is 14.6. The van der Waals surface area contributed by atoms with Crippen LogP contribution in [0.1, 0.15) is 43.7 Å². The van der Waals surface area contributed by atoms with Crippen LogP contribution < -0.4 is 0 Å².